The molecule has 0 saturated carbocycles. The summed E-state index contributed by atoms with van der Waals surface area (Å²) in [6, 6.07) is -0.908. The number of likely N-dealkylation sites (N-methyl/N-ethyl adjacent to an activating group) is 1. The highest BCUT2D eigenvalue weighted by atomic mass is 31.2. The van der Waals surface area contributed by atoms with Gasteiger partial charge in [0.25, 0.3) is 7.82 Å². The second-order valence-corrected chi connectivity index (χ2v) is 25.6. The summed E-state index contributed by atoms with van der Waals surface area (Å²) in [5, 5.41) is 13.9. The summed E-state index contributed by atoms with van der Waals surface area (Å²) in [6.07, 6.45) is 77.1. The predicted molar refractivity (Wildman–Crippen MR) is 330 cm³/mol. The number of nitrogens with one attached hydrogen (secondary N) is 1. The molecule has 0 radical (unpaired) electrons. The van der Waals surface area contributed by atoms with Crippen molar-refractivity contribution in [3.63, 3.8) is 0 Å². The van der Waals surface area contributed by atoms with E-state index >= 15 is 0 Å². The molecule has 0 aliphatic rings. The first-order valence-corrected chi connectivity index (χ1v) is 34.8. The van der Waals surface area contributed by atoms with Crippen LogP contribution in [-0.4, -0.2) is 68.5 Å². The summed E-state index contributed by atoms with van der Waals surface area (Å²) in [4.78, 5) is 25.5. The van der Waals surface area contributed by atoms with Crippen LogP contribution in [0, 0.1) is 0 Å². The van der Waals surface area contributed by atoms with E-state index in [4.69, 9.17) is 9.05 Å². The summed E-state index contributed by atoms with van der Waals surface area (Å²) in [7, 11) is 1.25. The lowest BCUT2D eigenvalue weighted by Gasteiger charge is -2.29. The van der Waals surface area contributed by atoms with E-state index in [0.717, 1.165) is 44.9 Å². The topological polar surface area (TPSA) is 108 Å². The van der Waals surface area contributed by atoms with E-state index in [0.29, 0.717) is 17.4 Å². The molecule has 3 atom stereocenters. The third-order valence-electron chi connectivity index (χ3n) is 15.3. The van der Waals surface area contributed by atoms with Crippen molar-refractivity contribution < 1.29 is 32.9 Å². The molecule has 0 aromatic heterocycles. The lowest BCUT2D eigenvalue weighted by atomic mass is 10.0. The van der Waals surface area contributed by atoms with Crippen LogP contribution in [0.5, 0.6) is 0 Å². The zero-order valence-corrected chi connectivity index (χ0v) is 52.4. The van der Waals surface area contributed by atoms with E-state index in [9.17, 15) is 19.4 Å². The molecule has 3 unspecified atom stereocenters. The molecule has 0 aliphatic carbocycles. The average molecular weight is 1090 g/mol. The van der Waals surface area contributed by atoms with Crippen molar-refractivity contribution in [1.29, 1.82) is 0 Å². The van der Waals surface area contributed by atoms with Crippen LogP contribution in [-0.2, 0) is 18.4 Å². The number of hydrogen-bond donors (Lipinski definition) is 2. The van der Waals surface area contributed by atoms with Gasteiger partial charge in [-0.3, -0.25) is 9.36 Å². The number of amides is 1. The minimum Gasteiger partial charge on any atom is -0.756 e. The number of nitrogens with zero attached hydrogens (tertiary/aromatic N) is 1. The Labute approximate surface area is 474 Å². The van der Waals surface area contributed by atoms with Crippen molar-refractivity contribution in [1.82, 2.24) is 5.32 Å². The molecular weight excluding hydrogens is 960 g/mol. The standard InChI is InChI=1S/C67H131N2O6P/c1-6-8-10-12-14-16-18-20-22-24-25-26-27-28-29-30-31-32-33-34-35-36-37-38-39-40-41-42-43-44-45-47-49-51-53-55-57-59-61-67(71)68-65(64-75-76(72,73)74-63-62-69(3,4)5)66(70)60-58-56-54-52-50-48-46-23-21-19-17-15-13-11-9-7-2/h21,23,50,52,58,60,65-66,70H,6-20,22,24-49,51,53-57,59,61-64H2,1-5H3,(H-,68,71,72,73)/b23-21+,52-50+,60-58+. The zero-order chi connectivity index (χ0) is 55.6. The van der Waals surface area contributed by atoms with Gasteiger partial charge in [0.15, 0.2) is 0 Å². The molecule has 76 heavy (non-hydrogen) atoms. The van der Waals surface area contributed by atoms with Crippen LogP contribution in [0.25, 0.3) is 0 Å². The summed E-state index contributed by atoms with van der Waals surface area (Å²) in [6.45, 7) is 4.65. The van der Waals surface area contributed by atoms with Crippen molar-refractivity contribution in [2.45, 2.75) is 347 Å². The van der Waals surface area contributed by atoms with E-state index < -0.39 is 26.6 Å². The van der Waals surface area contributed by atoms with Gasteiger partial charge in [0, 0.05) is 6.42 Å². The number of phosphoric acid groups is 1. The Morgan fingerprint density at radius 2 is 0.737 bits per heavy atom. The maximum absolute atomic E-state index is 13.0. The minimum absolute atomic E-state index is 0.00740. The van der Waals surface area contributed by atoms with Crippen LogP contribution in [0.3, 0.4) is 0 Å². The van der Waals surface area contributed by atoms with Gasteiger partial charge in [-0.2, -0.15) is 0 Å². The van der Waals surface area contributed by atoms with Gasteiger partial charge in [0.2, 0.25) is 5.91 Å². The first kappa shape index (κ1) is 74.7. The lowest BCUT2D eigenvalue weighted by molar-refractivity contribution is -0.870. The Morgan fingerprint density at radius 3 is 1.07 bits per heavy atom. The van der Waals surface area contributed by atoms with Crippen molar-refractivity contribution in [2.24, 2.45) is 0 Å². The van der Waals surface area contributed by atoms with Crippen molar-refractivity contribution in [3.05, 3.63) is 36.5 Å². The molecule has 0 aromatic rings. The molecule has 0 heterocycles. The normalized spacial score (nSPS) is 13.9. The van der Waals surface area contributed by atoms with Crippen molar-refractivity contribution >= 4 is 13.7 Å². The van der Waals surface area contributed by atoms with E-state index in [1.165, 1.54) is 270 Å². The van der Waals surface area contributed by atoms with Crippen molar-refractivity contribution in [2.75, 3.05) is 40.9 Å². The number of aliphatic hydroxyl groups excluding tert-OH is 1. The van der Waals surface area contributed by atoms with Crippen LogP contribution >= 0.6 is 7.82 Å². The highest BCUT2D eigenvalue weighted by molar-refractivity contribution is 7.45. The SMILES string of the molecule is CCCCCCCC/C=C/CC/C=C/CC/C=C/C(O)C(COP(=O)([O-])OCC[N+](C)(C)C)NC(=O)CCCCCCCCCCCCCCCCCCCCCCCCCCCCCCCCCCCCCCCC. The second kappa shape index (κ2) is 58.4. The van der Waals surface area contributed by atoms with Crippen LogP contribution in [0.4, 0.5) is 0 Å². The maximum Gasteiger partial charge on any atom is 0.268 e. The molecule has 0 rings (SSSR count). The third-order valence-corrected chi connectivity index (χ3v) is 16.3. The predicted octanol–water partition coefficient (Wildman–Crippen LogP) is 20.3. The lowest BCUT2D eigenvalue weighted by Crippen LogP contribution is -2.45. The molecule has 0 bridgehead atoms. The largest absolute Gasteiger partial charge is 0.756 e. The van der Waals surface area contributed by atoms with Gasteiger partial charge in [-0.25, -0.2) is 0 Å². The first-order valence-electron chi connectivity index (χ1n) is 33.4. The van der Waals surface area contributed by atoms with Crippen LogP contribution in [0.1, 0.15) is 335 Å². The number of carbonyl (C=O) groups is 1. The van der Waals surface area contributed by atoms with E-state index in [-0.39, 0.29) is 12.5 Å². The number of unbranched alkanes of at least 4 members (excludes halogenated alkanes) is 45. The molecule has 2 N–H and O–H groups in total. The van der Waals surface area contributed by atoms with Gasteiger partial charge >= 0.3 is 0 Å². The first-order chi connectivity index (χ1) is 37.0. The number of allylic oxidation sites excluding steroid dienone is 5. The van der Waals surface area contributed by atoms with Crippen LogP contribution in [0.2, 0.25) is 0 Å². The molecule has 0 fully saturated rings. The molecule has 0 aliphatic heterocycles. The zero-order valence-electron chi connectivity index (χ0n) is 51.5. The smallest absolute Gasteiger partial charge is 0.268 e. The van der Waals surface area contributed by atoms with E-state index in [1.807, 2.05) is 27.2 Å². The third kappa shape index (κ3) is 60.4. The quantitative estimate of drug-likeness (QED) is 0.0272. The molecular formula is C67H131N2O6P. The number of aliphatic hydroxyl groups is 1. The Morgan fingerprint density at radius 1 is 0.447 bits per heavy atom. The monoisotopic (exact) mass is 1090 g/mol. The molecule has 450 valence electrons. The van der Waals surface area contributed by atoms with Gasteiger partial charge in [0.1, 0.15) is 13.2 Å². The van der Waals surface area contributed by atoms with E-state index in [1.54, 1.807) is 6.08 Å². The number of phosphoric ester groups is 1. The Bertz CT molecular complexity index is 1330. The summed E-state index contributed by atoms with van der Waals surface area (Å²) in [5.74, 6) is -0.205. The molecule has 0 saturated heterocycles. The maximum atomic E-state index is 13.0. The molecule has 0 aromatic carbocycles. The highest BCUT2D eigenvalue weighted by Gasteiger charge is 2.23. The van der Waals surface area contributed by atoms with Gasteiger partial charge in [-0.1, -0.05) is 320 Å². The molecule has 1 amide bonds. The minimum atomic E-state index is -4.61. The summed E-state index contributed by atoms with van der Waals surface area (Å²) < 4.78 is 23.3. The summed E-state index contributed by atoms with van der Waals surface area (Å²) >= 11 is 0. The fourth-order valence-corrected chi connectivity index (χ4v) is 10.9. The number of rotatable bonds is 62. The Hall–Kier alpha value is -1.28. The van der Waals surface area contributed by atoms with Crippen LogP contribution in [0.15, 0.2) is 36.5 Å². The number of quaternary nitrogens is 1. The average Bonchev–Trinajstić information content (AvgIpc) is 3.38. The fraction of sp³-hybridized carbons (Fsp3) is 0.896. The number of hydrogen-bond acceptors (Lipinski definition) is 6. The van der Waals surface area contributed by atoms with Crippen LogP contribution < -0.4 is 10.2 Å². The van der Waals surface area contributed by atoms with Gasteiger partial charge in [-0.05, 0) is 44.9 Å². The second-order valence-electron chi connectivity index (χ2n) is 24.2. The Kier molecular flexibility index (Phi) is 57.4. The molecule has 9 heteroatoms. The fourth-order valence-electron chi connectivity index (χ4n) is 10.1. The Balaban J connectivity index is 3.92. The van der Waals surface area contributed by atoms with Gasteiger partial charge < -0.3 is 28.8 Å². The number of carbonyl (C=O) groups excluding carboxylic acids is 1. The van der Waals surface area contributed by atoms with Gasteiger partial charge in [0.05, 0.1) is 39.9 Å². The van der Waals surface area contributed by atoms with Crippen molar-refractivity contribution in [3.8, 4) is 0 Å². The molecule has 8 nitrogen and oxygen atoms in total. The summed E-state index contributed by atoms with van der Waals surface area (Å²) in [5.41, 5.74) is 0. The van der Waals surface area contributed by atoms with E-state index in [2.05, 4.69) is 43.5 Å². The molecule has 0 spiro atoms. The highest BCUT2D eigenvalue weighted by Crippen LogP contribution is 2.38. The van der Waals surface area contributed by atoms with Gasteiger partial charge in [-0.15, -0.1) is 0 Å².